The molecule has 0 saturated heterocycles. The fraction of sp³-hybridized carbons (Fsp3) is 0.208. The first-order chi connectivity index (χ1) is 14.5. The van der Waals surface area contributed by atoms with E-state index < -0.39 is 10.0 Å². The van der Waals surface area contributed by atoms with Crippen LogP contribution in [0.15, 0.2) is 89.8 Å². The van der Waals surface area contributed by atoms with Gasteiger partial charge in [0.1, 0.15) is 0 Å². The topological polar surface area (TPSA) is 75.3 Å². The Hall–Kier alpha value is -2.96. The second-order valence-electron chi connectivity index (χ2n) is 6.94. The summed E-state index contributed by atoms with van der Waals surface area (Å²) in [5.41, 5.74) is 2.84. The van der Waals surface area contributed by atoms with E-state index in [-0.39, 0.29) is 16.7 Å². The number of benzene rings is 3. The SMILES string of the molecule is CCNS(=O)(=O)c1ccc(C(=O)NCCC(c2ccccc2)c2ccccc2)cc1. The van der Waals surface area contributed by atoms with Crippen LogP contribution in [0, 0.1) is 0 Å². The number of sulfonamides is 1. The maximum atomic E-state index is 12.5. The van der Waals surface area contributed by atoms with Crippen molar-refractivity contribution >= 4 is 15.9 Å². The normalized spacial score (nSPS) is 11.4. The molecule has 2 N–H and O–H groups in total. The molecule has 0 saturated carbocycles. The van der Waals surface area contributed by atoms with Crippen LogP contribution in [-0.2, 0) is 10.0 Å². The standard InChI is InChI=1S/C24H26N2O3S/c1-2-26-30(28,29)22-15-13-21(14-16-22)24(27)25-18-17-23(19-9-5-3-6-10-19)20-11-7-4-8-12-20/h3-16,23,26H,2,17-18H2,1H3,(H,25,27). The smallest absolute Gasteiger partial charge is 0.251 e. The van der Waals surface area contributed by atoms with E-state index in [9.17, 15) is 13.2 Å². The van der Waals surface area contributed by atoms with Crippen LogP contribution >= 0.6 is 0 Å². The molecule has 0 aromatic heterocycles. The molecule has 3 rings (SSSR count). The minimum absolute atomic E-state index is 0.147. The number of rotatable bonds is 9. The van der Waals surface area contributed by atoms with Gasteiger partial charge in [0.05, 0.1) is 4.90 Å². The lowest BCUT2D eigenvalue weighted by Gasteiger charge is -2.18. The van der Waals surface area contributed by atoms with Crippen molar-refractivity contribution < 1.29 is 13.2 Å². The number of carbonyl (C=O) groups is 1. The Morgan fingerprint density at radius 3 is 1.87 bits per heavy atom. The molecule has 30 heavy (non-hydrogen) atoms. The molecule has 0 heterocycles. The van der Waals surface area contributed by atoms with E-state index in [1.807, 2.05) is 36.4 Å². The Balaban J connectivity index is 1.65. The molecule has 6 heteroatoms. The number of carbonyl (C=O) groups excluding carboxylic acids is 1. The average molecular weight is 423 g/mol. The Labute approximate surface area is 178 Å². The minimum Gasteiger partial charge on any atom is -0.352 e. The summed E-state index contributed by atoms with van der Waals surface area (Å²) in [6, 6.07) is 26.4. The van der Waals surface area contributed by atoms with Gasteiger partial charge < -0.3 is 5.32 Å². The molecular formula is C24H26N2O3S. The first kappa shape index (κ1) is 21.7. The van der Waals surface area contributed by atoms with Crippen molar-refractivity contribution in [3.63, 3.8) is 0 Å². The van der Waals surface area contributed by atoms with E-state index in [0.29, 0.717) is 18.7 Å². The highest BCUT2D eigenvalue weighted by molar-refractivity contribution is 7.89. The molecule has 0 unspecified atom stereocenters. The van der Waals surface area contributed by atoms with E-state index in [0.717, 1.165) is 6.42 Å². The molecule has 0 aliphatic carbocycles. The van der Waals surface area contributed by atoms with Gasteiger partial charge in [0.15, 0.2) is 0 Å². The van der Waals surface area contributed by atoms with E-state index >= 15 is 0 Å². The first-order valence-electron chi connectivity index (χ1n) is 9.99. The van der Waals surface area contributed by atoms with Crippen molar-refractivity contribution in [3.8, 4) is 0 Å². The predicted molar refractivity (Wildman–Crippen MR) is 119 cm³/mol. The van der Waals surface area contributed by atoms with Gasteiger partial charge in [0, 0.05) is 24.6 Å². The van der Waals surface area contributed by atoms with E-state index in [1.54, 1.807) is 6.92 Å². The van der Waals surface area contributed by atoms with Crippen molar-refractivity contribution in [1.82, 2.24) is 10.0 Å². The second kappa shape index (κ2) is 10.2. The Kier molecular flexibility index (Phi) is 7.38. The van der Waals surface area contributed by atoms with Gasteiger partial charge in [-0.2, -0.15) is 0 Å². The highest BCUT2D eigenvalue weighted by Crippen LogP contribution is 2.27. The number of hydrogen-bond donors (Lipinski definition) is 2. The molecule has 0 aliphatic rings. The maximum Gasteiger partial charge on any atom is 0.251 e. The Morgan fingerprint density at radius 1 is 0.833 bits per heavy atom. The van der Waals surface area contributed by atoms with Gasteiger partial charge >= 0.3 is 0 Å². The highest BCUT2D eigenvalue weighted by atomic mass is 32.2. The third-order valence-corrected chi connectivity index (χ3v) is 6.45. The largest absolute Gasteiger partial charge is 0.352 e. The zero-order valence-electron chi connectivity index (χ0n) is 16.9. The molecule has 156 valence electrons. The molecule has 0 bridgehead atoms. The van der Waals surface area contributed by atoms with Gasteiger partial charge in [-0.15, -0.1) is 0 Å². The molecular weight excluding hydrogens is 396 g/mol. The van der Waals surface area contributed by atoms with Crippen molar-refractivity contribution in [1.29, 1.82) is 0 Å². The fourth-order valence-electron chi connectivity index (χ4n) is 3.39. The third kappa shape index (κ3) is 5.55. The van der Waals surface area contributed by atoms with Gasteiger partial charge in [-0.1, -0.05) is 67.6 Å². The summed E-state index contributed by atoms with van der Waals surface area (Å²) in [5, 5.41) is 2.95. The summed E-state index contributed by atoms with van der Waals surface area (Å²) < 4.78 is 26.5. The van der Waals surface area contributed by atoms with Crippen LogP contribution in [0.4, 0.5) is 0 Å². The van der Waals surface area contributed by atoms with Crippen molar-refractivity contribution in [2.45, 2.75) is 24.2 Å². The molecule has 3 aromatic rings. The van der Waals surface area contributed by atoms with E-state index in [1.165, 1.54) is 35.4 Å². The molecule has 0 aliphatic heterocycles. The Morgan fingerprint density at radius 2 is 1.37 bits per heavy atom. The van der Waals surface area contributed by atoms with Crippen molar-refractivity contribution in [3.05, 3.63) is 102 Å². The van der Waals surface area contributed by atoms with E-state index in [4.69, 9.17) is 0 Å². The maximum absolute atomic E-state index is 12.5. The lowest BCUT2D eigenvalue weighted by atomic mass is 9.88. The summed E-state index contributed by atoms with van der Waals surface area (Å²) in [4.78, 5) is 12.7. The summed E-state index contributed by atoms with van der Waals surface area (Å²) in [6.07, 6.45) is 0.757. The zero-order chi connectivity index (χ0) is 21.4. The Bertz CT molecular complexity index is 1010. The van der Waals surface area contributed by atoms with Crippen molar-refractivity contribution in [2.24, 2.45) is 0 Å². The fourth-order valence-corrected chi connectivity index (χ4v) is 4.43. The van der Waals surface area contributed by atoms with Gasteiger partial charge in [-0.25, -0.2) is 13.1 Å². The number of amides is 1. The van der Waals surface area contributed by atoms with Gasteiger partial charge in [-0.3, -0.25) is 4.79 Å². The van der Waals surface area contributed by atoms with Gasteiger partial charge in [-0.05, 0) is 41.8 Å². The van der Waals surface area contributed by atoms with Crippen LogP contribution in [0.1, 0.15) is 40.7 Å². The van der Waals surface area contributed by atoms with Crippen LogP contribution < -0.4 is 10.0 Å². The van der Waals surface area contributed by atoms with Gasteiger partial charge in [0.25, 0.3) is 5.91 Å². The van der Waals surface area contributed by atoms with Crippen LogP contribution in [0.5, 0.6) is 0 Å². The summed E-state index contributed by atoms with van der Waals surface area (Å²) in [6.45, 7) is 2.54. The predicted octanol–water partition coefficient (Wildman–Crippen LogP) is 3.94. The third-order valence-electron chi connectivity index (χ3n) is 4.88. The minimum atomic E-state index is -3.52. The molecule has 5 nitrogen and oxygen atoms in total. The van der Waals surface area contributed by atoms with E-state index in [2.05, 4.69) is 34.3 Å². The lowest BCUT2D eigenvalue weighted by molar-refractivity contribution is 0.0952. The molecule has 0 atom stereocenters. The molecule has 1 amide bonds. The average Bonchev–Trinajstić information content (AvgIpc) is 2.78. The monoisotopic (exact) mass is 422 g/mol. The summed E-state index contributed by atoms with van der Waals surface area (Å²) in [7, 11) is -3.52. The van der Waals surface area contributed by atoms with Crippen LogP contribution in [0.25, 0.3) is 0 Å². The van der Waals surface area contributed by atoms with Crippen LogP contribution in [-0.4, -0.2) is 27.4 Å². The molecule has 3 aromatic carbocycles. The van der Waals surface area contributed by atoms with Crippen molar-refractivity contribution in [2.75, 3.05) is 13.1 Å². The summed E-state index contributed by atoms with van der Waals surface area (Å²) >= 11 is 0. The first-order valence-corrected chi connectivity index (χ1v) is 11.5. The zero-order valence-corrected chi connectivity index (χ0v) is 17.7. The molecule has 0 radical (unpaired) electrons. The number of nitrogens with one attached hydrogen (secondary N) is 2. The number of hydrogen-bond acceptors (Lipinski definition) is 3. The van der Waals surface area contributed by atoms with Crippen LogP contribution in [0.3, 0.4) is 0 Å². The molecule has 0 fully saturated rings. The van der Waals surface area contributed by atoms with Gasteiger partial charge in [0.2, 0.25) is 10.0 Å². The highest BCUT2D eigenvalue weighted by Gasteiger charge is 2.16. The summed E-state index contributed by atoms with van der Waals surface area (Å²) in [5.74, 6) is -0.0393. The molecule has 0 spiro atoms. The van der Waals surface area contributed by atoms with Crippen LogP contribution in [0.2, 0.25) is 0 Å². The lowest BCUT2D eigenvalue weighted by Crippen LogP contribution is -2.26. The second-order valence-corrected chi connectivity index (χ2v) is 8.71. The quantitative estimate of drug-likeness (QED) is 0.549.